The quantitative estimate of drug-likeness (QED) is 0.374. The van der Waals surface area contributed by atoms with Gasteiger partial charge in [-0.25, -0.2) is 4.79 Å². The molecule has 0 saturated carbocycles. The topological polar surface area (TPSA) is 26.3 Å². The number of benzene rings is 1. The van der Waals surface area contributed by atoms with E-state index in [0.29, 0.717) is 12.2 Å². The first-order valence-corrected chi connectivity index (χ1v) is 9.24. The molecule has 0 amide bonds. The summed E-state index contributed by atoms with van der Waals surface area (Å²) in [7, 11) is 0. The van der Waals surface area contributed by atoms with Gasteiger partial charge in [-0.3, -0.25) is 0 Å². The van der Waals surface area contributed by atoms with E-state index < -0.39 is 0 Å². The highest BCUT2D eigenvalue weighted by atomic mass is 127. The van der Waals surface area contributed by atoms with Crippen LogP contribution in [0.3, 0.4) is 0 Å². The smallest absolute Gasteiger partial charge is 0.339 e. The van der Waals surface area contributed by atoms with Gasteiger partial charge in [0.25, 0.3) is 0 Å². The van der Waals surface area contributed by atoms with Gasteiger partial charge in [-0.15, -0.1) is 0 Å². The van der Waals surface area contributed by atoms with Crippen LogP contribution < -0.4 is 0 Å². The summed E-state index contributed by atoms with van der Waals surface area (Å²) in [4.78, 5) is 12.3. The number of hydrogen-bond acceptors (Lipinski definition) is 2. The zero-order valence-electron chi connectivity index (χ0n) is 13.6. The molecule has 0 fully saturated rings. The molecule has 0 spiro atoms. The molecule has 118 valence electrons. The van der Waals surface area contributed by atoms with E-state index in [9.17, 15) is 4.79 Å². The highest BCUT2D eigenvalue weighted by Crippen LogP contribution is 2.40. The van der Waals surface area contributed by atoms with Crippen molar-refractivity contribution in [2.24, 2.45) is 10.8 Å². The van der Waals surface area contributed by atoms with E-state index in [1.54, 1.807) is 0 Å². The van der Waals surface area contributed by atoms with Gasteiger partial charge in [0.1, 0.15) is 0 Å². The molecule has 1 aromatic rings. The van der Waals surface area contributed by atoms with Gasteiger partial charge in [-0.1, -0.05) is 34.6 Å². The van der Waals surface area contributed by atoms with Gasteiger partial charge in [-0.05, 0) is 87.1 Å². The predicted octanol–water partition coefficient (Wildman–Crippen LogP) is 5.82. The summed E-state index contributed by atoms with van der Waals surface area (Å²) in [5.74, 6) is -0.217. The van der Waals surface area contributed by atoms with Crippen molar-refractivity contribution in [3.63, 3.8) is 0 Å². The second kappa shape index (κ2) is 7.15. The average Bonchev–Trinajstić information content (AvgIpc) is 2.31. The maximum absolute atomic E-state index is 12.3. The highest BCUT2D eigenvalue weighted by molar-refractivity contribution is 14.1. The molecule has 2 nitrogen and oxygen atoms in total. The Labute approximate surface area is 155 Å². The first-order chi connectivity index (χ1) is 9.45. The summed E-state index contributed by atoms with van der Waals surface area (Å²) in [6, 6.07) is 3.98. The van der Waals surface area contributed by atoms with Gasteiger partial charge in [0.05, 0.1) is 12.2 Å². The van der Waals surface area contributed by atoms with Crippen molar-refractivity contribution < 1.29 is 9.53 Å². The Morgan fingerprint density at radius 3 is 2.24 bits per heavy atom. The molecule has 0 saturated heterocycles. The fourth-order valence-corrected chi connectivity index (χ4v) is 3.04. The third-order valence-corrected chi connectivity index (χ3v) is 7.43. The van der Waals surface area contributed by atoms with Crippen molar-refractivity contribution in [3.8, 4) is 0 Å². The van der Waals surface area contributed by atoms with Gasteiger partial charge in [0.15, 0.2) is 0 Å². The van der Waals surface area contributed by atoms with Gasteiger partial charge >= 0.3 is 5.97 Å². The van der Waals surface area contributed by atoms with Crippen LogP contribution >= 0.6 is 45.2 Å². The van der Waals surface area contributed by atoms with Crippen LogP contribution in [0.25, 0.3) is 0 Å². The first-order valence-electron chi connectivity index (χ1n) is 7.08. The van der Waals surface area contributed by atoms with E-state index in [4.69, 9.17) is 4.74 Å². The predicted molar refractivity (Wildman–Crippen MR) is 105 cm³/mol. The number of halogens is 2. The monoisotopic (exact) mass is 514 g/mol. The van der Waals surface area contributed by atoms with Crippen molar-refractivity contribution in [2.75, 3.05) is 6.61 Å². The number of ether oxygens (including phenoxy) is 1. The van der Waals surface area contributed by atoms with Crippen molar-refractivity contribution in [2.45, 2.75) is 48.0 Å². The normalized spacial score (nSPS) is 12.4. The summed E-state index contributed by atoms with van der Waals surface area (Å²) in [5.41, 5.74) is 2.07. The lowest BCUT2D eigenvalue weighted by molar-refractivity contribution is 0.0346. The molecule has 21 heavy (non-hydrogen) atoms. The highest BCUT2D eigenvalue weighted by Gasteiger charge is 2.32. The molecule has 0 aliphatic heterocycles. The van der Waals surface area contributed by atoms with Crippen molar-refractivity contribution in [1.29, 1.82) is 0 Å². The minimum absolute atomic E-state index is 0.126. The van der Waals surface area contributed by atoms with Gasteiger partial charge in [0, 0.05) is 7.14 Å². The molecule has 0 aromatic heterocycles. The molecule has 0 atom stereocenters. The lowest BCUT2D eigenvalue weighted by Crippen LogP contribution is -2.31. The standard InChI is InChI=1S/C17H24I2O2/c1-11-9-12(14(19)13(18)10-11)15(20)21-8-7-17(5,6)16(2,3)4/h9-10H,7-8H2,1-6H3. The molecule has 0 heterocycles. The first kappa shape index (κ1) is 19.2. The van der Waals surface area contributed by atoms with Crippen molar-refractivity contribution in [1.82, 2.24) is 0 Å². The third kappa shape index (κ3) is 5.08. The molecule has 4 heteroatoms. The van der Waals surface area contributed by atoms with Crippen LogP contribution in [0.4, 0.5) is 0 Å². The molecule has 0 N–H and O–H groups in total. The Hall–Kier alpha value is 0.150. The molecule has 0 unspecified atom stereocenters. The second-order valence-electron chi connectivity index (χ2n) is 7.13. The van der Waals surface area contributed by atoms with Gasteiger partial charge in [0.2, 0.25) is 0 Å². The van der Waals surface area contributed by atoms with Crippen LogP contribution in [-0.2, 0) is 4.74 Å². The van der Waals surface area contributed by atoms with Crippen LogP contribution in [0.2, 0.25) is 0 Å². The Bertz CT molecular complexity index is 528. The number of aryl methyl sites for hydroxylation is 1. The van der Waals surface area contributed by atoms with Gasteiger partial charge in [-0.2, -0.15) is 0 Å². The summed E-state index contributed by atoms with van der Waals surface area (Å²) in [6.07, 6.45) is 0.863. The van der Waals surface area contributed by atoms with Crippen molar-refractivity contribution in [3.05, 3.63) is 30.4 Å². The fraction of sp³-hybridized carbons (Fsp3) is 0.588. The minimum atomic E-state index is -0.217. The van der Waals surface area contributed by atoms with E-state index in [0.717, 1.165) is 19.1 Å². The molecule has 1 aromatic carbocycles. The lowest BCUT2D eigenvalue weighted by Gasteiger charge is -2.38. The Morgan fingerprint density at radius 1 is 1.14 bits per heavy atom. The SMILES string of the molecule is Cc1cc(I)c(I)c(C(=O)OCCC(C)(C)C(C)(C)C)c1. The zero-order valence-corrected chi connectivity index (χ0v) is 18.0. The summed E-state index contributed by atoms with van der Waals surface area (Å²) >= 11 is 4.46. The van der Waals surface area contributed by atoms with E-state index in [1.165, 1.54) is 0 Å². The molecular weight excluding hydrogens is 490 g/mol. The third-order valence-electron chi connectivity index (χ3n) is 4.38. The largest absolute Gasteiger partial charge is 0.462 e. The summed E-state index contributed by atoms with van der Waals surface area (Å²) < 4.78 is 7.57. The van der Waals surface area contributed by atoms with E-state index >= 15 is 0 Å². The maximum Gasteiger partial charge on any atom is 0.339 e. The van der Waals surface area contributed by atoms with Crippen LogP contribution in [0.15, 0.2) is 12.1 Å². The Balaban J connectivity index is 2.72. The summed E-state index contributed by atoms with van der Waals surface area (Å²) in [6.45, 7) is 13.6. The fourth-order valence-electron chi connectivity index (χ4n) is 1.72. The van der Waals surface area contributed by atoms with Crippen LogP contribution in [0, 0.1) is 24.9 Å². The molecule has 0 aliphatic carbocycles. The van der Waals surface area contributed by atoms with E-state index in [-0.39, 0.29) is 16.8 Å². The average molecular weight is 514 g/mol. The van der Waals surface area contributed by atoms with Gasteiger partial charge < -0.3 is 4.74 Å². The number of esters is 1. The Kier molecular flexibility index (Phi) is 6.54. The molecular formula is C17H24I2O2. The molecule has 1 rings (SSSR count). The van der Waals surface area contributed by atoms with Crippen LogP contribution in [0.5, 0.6) is 0 Å². The number of hydrogen-bond donors (Lipinski definition) is 0. The number of carbonyl (C=O) groups is 1. The number of rotatable bonds is 4. The second-order valence-corrected chi connectivity index (χ2v) is 9.37. The van der Waals surface area contributed by atoms with E-state index in [1.807, 2.05) is 13.0 Å². The number of carbonyl (C=O) groups excluding carboxylic acids is 1. The Morgan fingerprint density at radius 2 is 1.71 bits per heavy atom. The van der Waals surface area contributed by atoms with Crippen LogP contribution in [-0.4, -0.2) is 12.6 Å². The lowest BCUT2D eigenvalue weighted by atomic mass is 9.67. The zero-order chi connectivity index (χ0) is 16.4. The van der Waals surface area contributed by atoms with E-state index in [2.05, 4.69) is 85.9 Å². The summed E-state index contributed by atoms with van der Waals surface area (Å²) in [5, 5.41) is 0. The maximum atomic E-state index is 12.3. The molecule has 0 aliphatic rings. The molecule has 0 bridgehead atoms. The van der Waals surface area contributed by atoms with Crippen LogP contribution in [0.1, 0.15) is 57.0 Å². The van der Waals surface area contributed by atoms with Crippen molar-refractivity contribution >= 4 is 51.2 Å². The minimum Gasteiger partial charge on any atom is -0.462 e. The molecule has 0 radical (unpaired) electrons.